The zero-order valence-corrected chi connectivity index (χ0v) is 6.44. The standard InChI is InChI=1S/C8H5NOS/c10-8-5-6-3-1-2-4-7(6)11-9-8/h1-4H,(H,9,10). The monoisotopic (exact) mass is 163 g/mol. The number of benzene rings is 1. The second kappa shape index (κ2) is 2.58. The molecule has 0 aromatic heterocycles. The van der Waals surface area contributed by atoms with Crippen LogP contribution in [0.3, 0.4) is 0 Å². The van der Waals surface area contributed by atoms with E-state index in [1.165, 1.54) is 11.9 Å². The van der Waals surface area contributed by atoms with Crippen LogP contribution >= 0.6 is 11.9 Å². The van der Waals surface area contributed by atoms with Crippen LogP contribution in [0.2, 0.25) is 0 Å². The first-order chi connectivity index (χ1) is 5.36. The van der Waals surface area contributed by atoms with Crippen molar-refractivity contribution in [2.75, 3.05) is 0 Å². The van der Waals surface area contributed by atoms with Crippen LogP contribution in [0.1, 0.15) is 5.56 Å². The van der Waals surface area contributed by atoms with Gasteiger partial charge < -0.3 is 0 Å². The van der Waals surface area contributed by atoms with Crippen LogP contribution in [0.25, 0.3) is 0 Å². The molecule has 0 aliphatic carbocycles. The third-order valence-electron chi connectivity index (χ3n) is 1.39. The van der Waals surface area contributed by atoms with Gasteiger partial charge in [0.05, 0.1) is 0 Å². The summed E-state index contributed by atoms with van der Waals surface area (Å²) in [6.07, 6.45) is 2.69. The van der Waals surface area contributed by atoms with Crippen molar-refractivity contribution in [2.45, 2.75) is 4.90 Å². The number of carbonyl (C=O) groups is 1. The molecule has 0 unspecified atom stereocenters. The van der Waals surface area contributed by atoms with E-state index >= 15 is 0 Å². The van der Waals surface area contributed by atoms with Crippen LogP contribution in [0.15, 0.2) is 29.2 Å². The number of fused-ring (bicyclic) bond motifs is 1. The number of carbonyl (C=O) groups excluding carboxylic acids is 1. The topological polar surface area (TPSA) is 29.1 Å². The predicted molar refractivity (Wildman–Crippen MR) is 42.8 cm³/mol. The fourth-order valence-electron chi connectivity index (χ4n) is 0.908. The Balaban J connectivity index is 2.41. The lowest BCUT2D eigenvalue weighted by atomic mass is 10.1. The van der Waals surface area contributed by atoms with Gasteiger partial charge in [0, 0.05) is 4.90 Å². The Hall–Kier alpha value is -0.960. The van der Waals surface area contributed by atoms with Crippen molar-refractivity contribution in [3.05, 3.63) is 36.2 Å². The van der Waals surface area contributed by atoms with Crippen LogP contribution in [-0.4, -0.2) is 5.91 Å². The van der Waals surface area contributed by atoms with E-state index in [4.69, 9.17) is 0 Å². The summed E-state index contributed by atoms with van der Waals surface area (Å²) < 4.78 is 2.60. The molecule has 1 aromatic rings. The highest BCUT2D eigenvalue weighted by atomic mass is 32.2. The van der Waals surface area contributed by atoms with E-state index in [9.17, 15) is 4.79 Å². The summed E-state index contributed by atoms with van der Waals surface area (Å²) in [5.74, 6) is -0.159. The first-order valence-electron chi connectivity index (χ1n) is 3.19. The minimum atomic E-state index is -0.159. The van der Waals surface area contributed by atoms with E-state index in [1.54, 1.807) is 0 Å². The number of hydrogen-bond acceptors (Lipinski definition) is 2. The molecule has 0 atom stereocenters. The zero-order chi connectivity index (χ0) is 7.68. The minimum Gasteiger partial charge on any atom is -0.295 e. The van der Waals surface area contributed by atoms with Crippen LogP contribution in [-0.2, 0) is 4.79 Å². The molecule has 2 radical (unpaired) electrons. The van der Waals surface area contributed by atoms with Crippen molar-refractivity contribution < 1.29 is 4.79 Å². The Morgan fingerprint density at radius 2 is 2.18 bits per heavy atom. The van der Waals surface area contributed by atoms with E-state index in [0.29, 0.717) is 0 Å². The van der Waals surface area contributed by atoms with Gasteiger partial charge in [0.25, 0.3) is 0 Å². The quantitative estimate of drug-likeness (QED) is 0.583. The number of rotatable bonds is 0. The van der Waals surface area contributed by atoms with Crippen LogP contribution in [0, 0.1) is 6.42 Å². The molecule has 1 aliphatic rings. The largest absolute Gasteiger partial charge is 0.295 e. The van der Waals surface area contributed by atoms with E-state index in [2.05, 4.69) is 11.1 Å². The summed E-state index contributed by atoms with van der Waals surface area (Å²) in [5.41, 5.74) is 0.876. The first kappa shape index (κ1) is 6.73. The molecule has 54 valence electrons. The highest BCUT2D eigenvalue weighted by Gasteiger charge is 2.15. The fourth-order valence-corrected chi connectivity index (χ4v) is 1.54. The summed E-state index contributed by atoms with van der Waals surface area (Å²) in [6, 6.07) is 7.66. The molecule has 1 aliphatic heterocycles. The van der Waals surface area contributed by atoms with Crippen molar-refractivity contribution in [3.8, 4) is 0 Å². The molecule has 1 aromatic carbocycles. The Morgan fingerprint density at radius 1 is 1.36 bits per heavy atom. The molecule has 0 spiro atoms. The van der Waals surface area contributed by atoms with E-state index < -0.39 is 0 Å². The normalized spacial score (nSPS) is 15.5. The lowest BCUT2D eigenvalue weighted by molar-refractivity contribution is -0.115. The average Bonchev–Trinajstić information content (AvgIpc) is 2.04. The van der Waals surface area contributed by atoms with Gasteiger partial charge in [0.2, 0.25) is 5.91 Å². The highest BCUT2D eigenvalue weighted by Crippen LogP contribution is 2.25. The molecule has 1 amide bonds. The molecule has 0 fully saturated rings. The van der Waals surface area contributed by atoms with Gasteiger partial charge in [0.1, 0.15) is 6.42 Å². The lowest BCUT2D eigenvalue weighted by Gasteiger charge is -2.12. The lowest BCUT2D eigenvalue weighted by Crippen LogP contribution is -2.20. The number of nitrogens with one attached hydrogen (secondary N) is 1. The van der Waals surface area contributed by atoms with Gasteiger partial charge in [-0.05, 0) is 23.6 Å². The van der Waals surface area contributed by atoms with E-state index in [1.807, 2.05) is 24.3 Å². The van der Waals surface area contributed by atoms with Crippen LogP contribution < -0.4 is 4.72 Å². The van der Waals surface area contributed by atoms with Gasteiger partial charge in [-0.25, -0.2) is 0 Å². The van der Waals surface area contributed by atoms with Crippen molar-refractivity contribution in [2.24, 2.45) is 0 Å². The number of hydrogen-bond donors (Lipinski definition) is 1. The SMILES string of the molecule is O=C1[C]c2ccccc2SN1. The molecule has 1 heterocycles. The molecule has 0 saturated carbocycles. The maximum atomic E-state index is 10.8. The molecule has 2 rings (SSSR count). The molecule has 3 heteroatoms. The highest BCUT2D eigenvalue weighted by molar-refractivity contribution is 7.98. The maximum absolute atomic E-state index is 10.8. The molecule has 0 saturated heterocycles. The molecular formula is C8H5NOS. The van der Waals surface area contributed by atoms with Crippen LogP contribution in [0.5, 0.6) is 0 Å². The summed E-state index contributed by atoms with van der Waals surface area (Å²) in [7, 11) is 0. The summed E-state index contributed by atoms with van der Waals surface area (Å²) in [6.45, 7) is 0. The summed E-state index contributed by atoms with van der Waals surface area (Å²) in [5, 5.41) is 0. The Kier molecular flexibility index (Phi) is 1.58. The van der Waals surface area contributed by atoms with Gasteiger partial charge in [-0.3, -0.25) is 9.52 Å². The minimum absolute atomic E-state index is 0.159. The zero-order valence-electron chi connectivity index (χ0n) is 5.63. The maximum Gasteiger partial charge on any atom is 0.243 e. The smallest absolute Gasteiger partial charge is 0.243 e. The molecule has 2 nitrogen and oxygen atoms in total. The predicted octanol–water partition coefficient (Wildman–Crippen LogP) is 1.25. The van der Waals surface area contributed by atoms with Gasteiger partial charge in [-0.15, -0.1) is 0 Å². The Bertz CT molecular complexity index is 298. The Morgan fingerprint density at radius 3 is 3.09 bits per heavy atom. The van der Waals surface area contributed by atoms with Gasteiger partial charge >= 0.3 is 0 Å². The summed E-state index contributed by atoms with van der Waals surface area (Å²) >= 11 is 1.33. The van der Waals surface area contributed by atoms with Crippen molar-refractivity contribution >= 4 is 17.9 Å². The van der Waals surface area contributed by atoms with Gasteiger partial charge in [0.15, 0.2) is 0 Å². The van der Waals surface area contributed by atoms with Gasteiger partial charge in [-0.1, -0.05) is 18.2 Å². The van der Waals surface area contributed by atoms with Gasteiger partial charge in [-0.2, -0.15) is 0 Å². The van der Waals surface area contributed by atoms with Crippen molar-refractivity contribution in [3.63, 3.8) is 0 Å². The van der Waals surface area contributed by atoms with E-state index in [-0.39, 0.29) is 5.91 Å². The van der Waals surface area contributed by atoms with Crippen molar-refractivity contribution in [1.29, 1.82) is 0 Å². The Labute approximate surface area is 69.1 Å². The number of amides is 1. The van der Waals surface area contributed by atoms with Crippen molar-refractivity contribution in [1.82, 2.24) is 4.72 Å². The van der Waals surface area contributed by atoms with Crippen LogP contribution in [0.4, 0.5) is 0 Å². The van der Waals surface area contributed by atoms with E-state index in [0.717, 1.165) is 10.5 Å². The fraction of sp³-hybridized carbons (Fsp3) is 0. The first-order valence-corrected chi connectivity index (χ1v) is 4.01. The second-order valence-electron chi connectivity index (χ2n) is 2.15. The third-order valence-corrected chi connectivity index (χ3v) is 2.25. The second-order valence-corrected chi connectivity index (χ2v) is 3.00. The molecular weight excluding hydrogens is 158 g/mol. The average molecular weight is 163 g/mol. The molecule has 11 heavy (non-hydrogen) atoms. The third kappa shape index (κ3) is 1.24. The molecule has 1 N–H and O–H groups in total. The summed E-state index contributed by atoms with van der Waals surface area (Å²) in [4.78, 5) is 11.8. The molecule has 0 bridgehead atoms.